The molecule has 0 aliphatic heterocycles. The van der Waals surface area contributed by atoms with Gasteiger partial charge in [0.05, 0.1) is 6.10 Å². The van der Waals surface area contributed by atoms with Crippen molar-refractivity contribution >= 4 is 17.5 Å². The van der Waals surface area contributed by atoms with Gasteiger partial charge >= 0.3 is 0 Å². The minimum atomic E-state index is -0.342. The first-order chi connectivity index (χ1) is 14.3. The molecule has 0 heterocycles. The van der Waals surface area contributed by atoms with Crippen LogP contribution in [0.3, 0.4) is 0 Å². The summed E-state index contributed by atoms with van der Waals surface area (Å²) < 4.78 is 6.19. The number of ketones is 1. The van der Waals surface area contributed by atoms with Crippen LogP contribution in [-0.2, 0) is 10.8 Å². The average molecular weight is 424 g/mol. The molecule has 0 amide bonds. The van der Waals surface area contributed by atoms with Crippen molar-refractivity contribution in [3.63, 3.8) is 0 Å². The Morgan fingerprint density at radius 3 is 2.06 bits per heavy atom. The van der Waals surface area contributed by atoms with Gasteiger partial charge in [-0.05, 0) is 67.2 Å². The van der Waals surface area contributed by atoms with Crippen LogP contribution in [0.2, 0.25) is 0 Å². The minimum absolute atomic E-state index is 0.0714. The Balaban J connectivity index is 2.65. The number of nitrogens with one attached hydrogen (secondary N) is 1. The Kier molecular flexibility index (Phi) is 7.25. The normalized spacial score (nSPS) is 12.5. The third-order valence-corrected chi connectivity index (χ3v) is 5.06. The Bertz CT molecular complexity index is 956. The van der Waals surface area contributed by atoms with E-state index in [4.69, 9.17) is 4.74 Å². The number of ether oxygens (including phenoxy) is 1. The van der Waals surface area contributed by atoms with E-state index in [9.17, 15) is 9.90 Å². The van der Waals surface area contributed by atoms with E-state index in [2.05, 4.69) is 46.9 Å². The van der Waals surface area contributed by atoms with Crippen LogP contribution in [0.15, 0.2) is 36.4 Å². The van der Waals surface area contributed by atoms with Gasteiger partial charge in [0.25, 0.3) is 0 Å². The molecule has 0 saturated carbocycles. The quantitative estimate of drug-likeness (QED) is 0.400. The van der Waals surface area contributed by atoms with Gasteiger partial charge in [0.1, 0.15) is 11.5 Å². The van der Waals surface area contributed by atoms with Crippen molar-refractivity contribution in [2.75, 3.05) is 12.4 Å². The first-order valence-electron chi connectivity index (χ1n) is 10.8. The van der Waals surface area contributed by atoms with Crippen molar-refractivity contribution in [2.45, 2.75) is 72.3 Å². The molecule has 0 bridgehead atoms. The highest BCUT2D eigenvalue weighted by Crippen LogP contribution is 2.46. The Morgan fingerprint density at radius 2 is 1.61 bits per heavy atom. The molecule has 0 spiro atoms. The highest BCUT2D eigenvalue weighted by molar-refractivity contribution is 6.07. The molecule has 0 fully saturated rings. The topological polar surface area (TPSA) is 58.6 Å². The van der Waals surface area contributed by atoms with Crippen LogP contribution in [0.25, 0.3) is 6.08 Å². The van der Waals surface area contributed by atoms with Crippen molar-refractivity contribution in [3.8, 4) is 11.5 Å². The van der Waals surface area contributed by atoms with Crippen molar-refractivity contribution < 1.29 is 14.6 Å². The smallest absolute Gasteiger partial charge is 0.185 e. The van der Waals surface area contributed by atoms with Gasteiger partial charge in [0.2, 0.25) is 0 Å². The molecule has 2 N–H and O–H groups in total. The van der Waals surface area contributed by atoms with Crippen molar-refractivity contribution in [1.29, 1.82) is 0 Å². The Morgan fingerprint density at radius 1 is 1.03 bits per heavy atom. The maximum absolute atomic E-state index is 12.8. The minimum Gasteiger partial charge on any atom is -0.507 e. The molecular weight excluding hydrogens is 386 g/mol. The zero-order chi connectivity index (χ0) is 23.6. The number of phenols is 1. The summed E-state index contributed by atoms with van der Waals surface area (Å²) in [5.41, 5.74) is 3.35. The van der Waals surface area contributed by atoms with Crippen LogP contribution in [-0.4, -0.2) is 24.0 Å². The van der Waals surface area contributed by atoms with E-state index >= 15 is 0 Å². The average Bonchev–Trinajstić information content (AvgIpc) is 2.64. The van der Waals surface area contributed by atoms with E-state index in [1.807, 2.05) is 51.2 Å². The third kappa shape index (κ3) is 5.90. The molecule has 31 heavy (non-hydrogen) atoms. The summed E-state index contributed by atoms with van der Waals surface area (Å²) in [5, 5.41) is 14.3. The van der Waals surface area contributed by atoms with E-state index in [0.29, 0.717) is 11.3 Å². The predicted octanol–water partition coefficient (Wildman–Crippen LogP) is 6.71. The molecule has 2 aromatic rings. The molecule has 168 valence electrons. The van der Waals surface area contributed by atoms with E-state index in [1.54, 1.807) is 12.2 Å². The first-order valence-corrected chi connectivity index (χ1v) is 10.8. The summed E-state index contributed by atoms with van der Waals surface area (Å²) >= 11 is 0. The second kappa shape index (κ2) is 9.17. The number of rotatable bonds is 6. The molecule has 4 nitrogen and oxygen atoms in total. The lowest BCUT2D eigenvalue weighted by Gasteiger charge is -2.31. The lowest BCUT2D eigenvalue weighted by Crippen LogP contribution is -2.21. The van der Waals surface area contributed by atoms with Gasteiger partial charge in [-0.1, -0.05) is 41.5 Å². The van der Waals surface area contributed by atoms with Crippen LogP contribution in [0, 0.1) is 0 Å². The van der Waals surface area contributed by atoms with Crippen LogP contribution >= 0.6 is 0 Å². The standard InChI is InChI=1S/C27H37NO3/c1-17(2)31-25-19(12-15-22(29)18-10-13-20(28-9)14-11-18)16-21(26(3,4)5)24(30)23(25)27(6,7)8/h10-17,28,30H,1-9H3. The van der Waals surface area contributed by atoms with E-state index in [0.717, 1.165) is 22.4 Å². The third-order valence-electron chi connectivity index (χ3n) is 5.06. The predicted molar refractivity (Wildman–Crippen MR) is 131 cm³/mol. The first kappa shape index (κ1) is 24.5. The SMILES string of the molecule is CNc1ccc(C(=O)C=Cc2cc(C(C)(C)C)c(O)c(C(C)(C)C)c2OC(C)C)cc1. The van der Waals surface area contributed by atoms with Gasteiger partial charge in [-0.15, -0.1) is 0 Å². The fourth-order valence-corrected chi connectivity index (χ4v) is 3.49. The molecule has 0 aromatic heterocycles. The van der Waals surface area contributed by atoms with Crippen LogP contribution in [0.4, 0.5) is 5.69 Å². The number of hydrogen-bond donors (Lipinski definition) is 2. The number of carbonyl (C=O) groups is 1. The molecule has 0 aliphatic carbocycles. The fraction of sp³-hybridized carbons (Fsp3) is 0.444. The summed E-state index contributed by atoms with van der Waals surface area (Å²) in [6, 6.07) is 9.31. The summed E-state index contributed by atoms with van der Waals surface area (Å²) in [7, 11) is 1.84. The number of anilines is 1. The Labute approximate surface area is 187 Å². The molecule has 2 aromatic carbocycles. The molecule has 0 radical (unpaired) electrons. The zero-order valence-electron chi connectivity index (χ0n) is 20.4. The summed E-state index contributed by atoms with van der Waals surface area (Å²) in [4.78, 5) is 12.8. The molecule has 4 heteroatoms. The van der Waals surface area contributed by atoms with E-state index in [1.165, 1.54) is 0 Å². The zero-order valence-corrected chi connectivity index (χ0v) is 20.4. The maximum Gasteiger partial charge on any atom is 0.185 e. The fourth-order valence-electron chi connectivity index (χ4n) is 3.49. The van der Waals surface area contributed by atoms with Gasteiger partial charge in [0.15, 0.2) is 5.78 Å². The number of aromatic hydroxyl groups is 1. The van der Waals surface area contributed by atoms with Gasteiger partial charge in [-0.3, -0.25) is 4.79 Å². The molecule has 2 rings (SSSR count). The highest BCUT2D eigenvalue weighted by atomic mass is 16.5. The number of allylic oxidation sites excluding steroid dienone is 1. The van der Waals surface area contributed by atoms with E-state index < -0.39 is 0 Å². The summed E-state index contributed by atoms with van der Waals surface area (Å²) in [6.07, 6.45) is 3.31. The van der Waals surface area contributed by atoms with Crippen LogP contribution < -0.4 is 10.1 Å². The molecular formula is C27H37NO3. The second-order valence-electron chi connectivity index (χ2n) is 10.3. The van der Waals surface area contributed by atoms with Crippen molar-refractivity contribution in [2.24, 2.45) is 0 Å². The van der Waals surface area contributed by atoms with Crippen molar-refractivity contribution in [1.82, 2.24) is 0 Å². The largest absolute Gasteiger partial charge is 0.507 e. The number of phenolic OH excluding ortho intramolecular Hbond substituents is 1. The van der Waals surface area contributed by atoms with Gasteiger partial charge in [-0.2, -0.15) is 0 Å². The Hall–Kier alpha value is -2.75. The van der Waals surface area contributed by atoms with Crippen LogP contribution in [0.5, 0.6) is 11.5 Å². The van der Waals surface area contributed by atoms with E-state index in [-0.39, 0.29) is 28.5 Å². The second-order valence-corrected chi connectivity index (χ2v) is 10.3. The van der Waals surface area contributed by atoms with Gasteiger partial charge < -0.3 is 15.2 Å². The van der Waals surface area contributed by atoms with Crippen LogP contribution in [0.1, 0.15) is 82.4 Å². The van der Waals surface area contributed by atoms with Crippen molar-refractivity contribution in [3.05, 3.63) is 58.7 Å². The lowest BCUT2D eigenvalue weighted by atomic mass is 9.77. The maximum atomic E-state index is 12.8. The summed E-state index contributed by atoms with van der Waals surface area (Å²) in [6.45, 7) is 16.3. The monoisotopic (exact) mass is 423 g/mol. The summed E-state index contributed by atoms with van der Waals surface area (Å²) in [5.74, 6) is 0.810. The lowest BCUT2D eigenvalue weighted by molar-refractivity contribution is 0.104. The molecule has 0 atom stereocenters. The number of carbonyl (C=O) groups excluding carboxylic acids is 1. The molecule has 0 unspecified atom stereocenters. The molecule has 0 saturated heterocycles. The molecule has 0 aliphatic rings. The van der Waals surface area contributed by atoms with Gasteiger partial charge in [-0.25, -0.2) is 0 Å². The number of hydrogen-bond acceptors (Lipinski definition) is 4. The van der Waals surface area contributed by atoms with Gasteiger partial charge in [0, 0.05) is 35.0 Å². The number of benzene rings is 2. The highest BCUT2D eigenvalue weighted by Gasteiger charge is 2.31.